The number of benzene rings is 2. The van der Waals surface area contributed by atoms with Crippen molar-refractivity contribution in [1.29, 1.82) is 0 Å². The zero-order valence-corrected chi connectivity index (χ0v) is 18.1. The van der Waals surface area contributed by atoms with Gasteiger partial charge in [-0.1, -0.05) is 18.2 Å². The number of amides is 2. The number of rotatable bonds is 5. The molecule has 168 valence electrons. The average molecular weight is 491 g/mol. The van der Waals surface area contributed by atoms with Crippen LogP contribution in [-0.4, -0.2) is 16.8 Å². The third-order valence-corrected chi connectivity index (χ3v) is 6.30. The first-order chi connectivity index (χ1) is 15.7. The number of carbonyl (C=O) groups is 2. The topological polar surface area (TPSA) is 71.1 Å². The van der Waals surface area contributed by atoms with Crippen molar-refractivity contribution >= 4 is 45.9 Å². The summed E-state index contributed by atoms with van der Waals surface area (Å²) in [5.74, 6) is -2.51. The molecule has 0 aliphatic heterocycles. The lowest BCUT2D eigenvalue weighted by atomic mass is 10.1. The third kappa shape index (κ3) is 5.10. The van der Waals surface area contributed by atoms with E-state index in [9.17, 15) is 27.2 Å². The molecular weight excluding hydrogens is 478 g/mol. The van der Waals surface area contributed by atoms with Crippen molar-refractivity contribution in [3.05, 3.63) is 88.0 Å². The van der Waals surface area contributed by atoms with E-state index in [1.54, 1.807) is 0 Å². The number of nitrogens with zero attached hydrogens (tertiary/aromatic N) is 1. The Balaban J connectivity index is 1.56. The third-order valence-electron chi connectivity index (χ3n) is 4.42. The Labute approximate surface area is 192 Å². The van der Waals surface area contributed by atoms with Crippen LogP contribution in [0.5, 0.6) is 0 Å². The molecule has 2 amide bonds. The van der Waals surface area contributed by atoms with E-state index in [1.165, 1.54) is 52.3 Å². The van der Waals surface area contributed by atoms with Crippen LogP contribution >= 0.6 is 22.7 Å². The first-order valence-electron chi connectivity index (χ1n) is 9.30. The fraction of sp³-hybridized carbons (Fsp3) is 0.0455. The number of aromatic nitrogens is 1. The number of anilines is 2. The predicted molar refractivity (Wildman–Crippen MR) is 119 cm³/mol. The summed E-state index contributed by atoms with van der Waals surface area (Å²) in [5, 5.41) is 8.36. The Morgan fingerprint density at radius 2 is 1.70 bits per heavy atom. The number of nitrogens with one attached hydrogen (secondary N) is 2. The highest BCUT2D eigenvalue weighted by molar-refractivity contribution is 7.20. The van der Waals surface area contributed by atoms with Crippen LogP contribution in [0.3, 0.4) is 0 Å². The summed E-state index contributed by atoms with van der Waals surface area (Å²) in [6.07, 6.45) is -4.83. The molecule has 11 heteroatoms. The summed E-state index contributed by atoms with van der Waals surface area (Å²) in [6, 6.07) is 11.6. The Morgan fingerprint density at radius 3 is 2.39 bits per heavy atom. The highest BCUT2D eigenvalue weighted by Crippen LogP contribution is 2.37. The molecule has 0 fully saturated rings. The lowest BCUT2D eigenvalue weighted by molar-refractivity contribution is -0.136. The van der Waals surface area contributed by atoms with Crippen LogP contribution in [0.25, 0.3) is 9.88 Å². The maximum atomic E-state index is 13.8. The summed E-state index contributed by atoms with van der Waals surface area (Å²) in [7, 11) is 0. The SMILES string of the molecule is O=C(Nc1ccc(NC(=O)c2ccccc2F)cc1C(F)(F)F)c1csc(-c2cccs2)n1. The molecule has 2 aromatic heterocycles. The lowest BCUT2D eigenvalue weighted by Gasteiger charge is -2.15. The molecule has 0 bridgehead atoms. The molecule has 0 atom stereocenters. The van der Waals surface area contributed by atoms with Gasteiger partial charge in [0.05, 0.1) is 21.7 Å². The molecule has 0 aliphatic rings. The Hall–Kier alpha value is -3.57. The molecule has 2 aromatic carbocycles. The number of thiazole rings is 1. The van der Waals surface area contributed by atoms with Gasteiger partial charge in [0.25, 0.3) is 11.8 Å². The number of carbonyl (C=O) groups excluding carboxylic acids is 2. The number of thiophene rings is 1. The van der Waals surface area contributed by atoms with Crippen LogP contribution in [0.1, 0.15) is 26.4 Å². The quantitative estimate of drug-likeness (QED) is 0.312. The van der Waals surface area contributed by atoms with Gasteiger partial charge in [-0.05, 0) is 41.8 Å². The molecule has 0 radical (unpaired) electrons. The predicted octanol–water partition coefficient (Wildman–Crippen LogP) is 6.53. The minimum Gasteiger partial charge on any atom is -0.322 e. The van der Waals surface area contributed by atoms with Crippen molar-refractivity contribution in [3.8, 4) is 9.88 Å². The molecule has 0 saturated heterocycles. The van der Waals surface area contributed by atoms with Gasteiger partial charge in [0.2, 0.25) is 0 Å². The molecule has 0 saturated carbocycles. The van der Waals surface area contributed by atoms with E-state index in [1.807, 2.05) is 17.5 Å². The molecular formula is C22H13F4N3O2S2. The van der Waals surface area contributed by atoms with Gasteiger partial charge in [0, 0.05) is 11.1 Å². The van der Waals surface area contributed by atoms with E-state index in [0.29, 0.717) is 11.1 Å². The lowest BCUT2D eigenvalue weighted by Crippen LogP contribution is -2.18. The number of halogens is 4. The maximum absolute atomic E-state index is 13.8. The maximum Gasteiger partial charge on any atom is 0.418 e. The monoisotopic (exact) mass is 491 g/mol. The number of hydrogen-bond donors (Lipinski definition) is 2. The van der Waals surface area contributed by atoms with Crippen molar-refractivity contribution in [2.45, 2.75) is 6.18 Å². The van der Waals surface area contributed by atoms with Gasteiger partial charge in [0.1, 0.15) is 16.5 Å². The van der Waals surface area contributed by atoms with E-state index in [-0.39, 0.29) is 16.9 Å². The van der Waals surface area contributed by atoms with E-state index in [0.717, 1.165) is 17.0 Å². The normalized spacial score (nSPS) is 11.3. The van der Waals surface area contributed by atoms with Crippen LogP contribution < -0.4 is 10.6 Å². The van der Waals surface area contributed by atoms with Crippen molar-refractivity contribution in [3.63, 3.8) is 0 Å². The van der Waals surface area contributed by atoms with E-state index in [2.05, 4.69) is 15.6 Å². The molecule has 5 nitrogen and oxygen atoms in total. The number of hydrogen-bond acceptors (Lipinski definition) is 5. The molecule has 2 N–H and O–H groups in total. The summed E-state index contributed by atoms with van der Waals surface area (Å²) in [6.45, 7) is 0. The van der Waals surface area contributed by atoms with Gasteiger partial charge in [0.15, 0.2) is 0 Å². The average Bonchev–Trinajstić information content (AvgIpc) is 3.46. The Bertz CT molecular complexity index is 1320. The summed E-state index contributed by atoms with van der Waals surface area (Å²) in [5.41, 5.74) is -2.21. The standard InChI is InChI=1S/C22H13F4N3O2S2/c23-15-5-2-1-4-13(15)19(30)27-12-7-8-16(14(10-12)22(24,25)26)28-20(31)17-11-33-21(29-17)18-6-3-9-32-18/h1-11H,(H,27,30)(H,28,31). The van der Waals surface area contributed by atoms with Crippen molar-refractivity contribution in [1.82, 2.24) is 4.98 Å². The first-order valence-corrected chi connectivity index (χ1v) is 11.1. The molecule has 4 aromatic rings. The van der Waals surface area contributed by atoms with Gasteiger partial charge >= 0.3 is 6.18 Å². The van der Waals surface area contributed by atoms with Gasteiger partial charge in [-0.2, -0.15) is 13.2 Å². The largest absolute Gasteiger partial charge is 0.418 e. The van der Waals surface area contributed by atoms with Crippen LogP contribution in [-0.2, 0) is 6.18 Å². The van der Waals surface area contributed by atoms with Crippen molar-refractivity contribution < 1.29 is 27.2 Å². The Kier molecular flexibility index (Phi) is 6.25. The van der Waals surface area contributed by atoms with Crippen LogP contribution in [0.4, 0.5) is 28.9 Å². The highest BCUT2D eigenvalue weighted by atomic mass is 32.1. The van der Waals surface area contributed by atoms with Gasteiger partial charge < -0.3 is 10.6 Å². The van der Waals surface area contributed by atoms with Gasteiger partial charge in [-0.15, -0.1) is 22.7 Å². The fourth-order valence-corrected chi connectivity index (χ4v) is 4.50. The van der Waals surface area contributed by atoms with Crippen LogP contribution in [0.2, 0.25) is 0 Å². The minimum atomic E-state index is -4.83. The fourth-order valence-electron chi connectivity index (χ4n) is 2.89. The smallest absolute Gasteiger partial charge is 0.322 e. The first kappa shape index (κ1) is 22.6. The zero-order chi connectivity index (χ0) is 23.6. The zero-order valence-electron chi connectivity index (χ0n) is 16.4. The number of alkyl halides is 3. The van der Waals surface area contributed by atoms with Crippen molar-refractivity contribution in [2.24, 2.45) is 0 Å². The second-order valence-corrected chi connectivity index (χ2v) is 8.47. The van der Waals surface area contributed by atoms with Gasteiger partial charge in [-0.25, -0.2) is 9.37 Å². The molecule has 0 aliphatic carbocycles. The second kappa shape index (κ2) is 9.12. The van der Waals surface area contributed by atoms with Crippen molar-refractivity contribution in [2.75, 3.05) is 10.6 Å². The minimum absolute atomic E-state index is 0.0199. The molecule has 0 unspecified atom stereocenters. The second-order valence-electron chi connectivity index (χ2n) is 6.66. The summed E-state index contributed by atoms with van der Waals surface area (Å²) >= 11 is 2.63. The summed E-state index contributed by atoms with van der Waals surface area (Å²) in [4.78, 5) is 29.8. The molecule has 2 heterocycles. The molecule has 4 rings (SSSR count). The molecule has 0 spiro atoms. The Morgan fingerprint density at radius 1 is 0.909 bits per heavy atom. The van der Waals surface area contributed by atoms with E-state index < -0.39 is 35.1 Å². The molecule has 33 heavy (non-hydrogen) atoms. The van der Waals surface area contributed by atoms with E-state index in [4.69, 9.17) is 0 Å². The highest BCUT2D eigenvalue weighted by Gasteiger charge is 2.34. The van der Waals surface area contributed by atoms with Crippen LogP contribution in [0.15, 0.2) is 65.4 Å². The summed E-state index contributed by atoms with van der Waals surface area (Å²) < 4.78 is 54.8. The van der Waals surface area contributed by atoms with Crippen LogP contribution in [0, 0.1) is 5.82 Å². The van der Waals surface area contributed by atoms with Gasteiger partial charge in [-0.3, -0.25) is 9.59 Å². The van der Waals surface area contributed by atoms with E-state index >= 15 is 0 Å².